The summed E-state index contributed by atoms with van der Waals surface area (Å²) in [6, 6.07) is 27.6. The number of methoxy groups -OCH3 is 1. The van der Waals surface area contributed by atoms with Gasteiger partial charge in [0, 0.05) is 30.8 Å². The smallest absolute Gasteiger partial charge is 0.143 e. The second kappa shape index (κ2) is 21.6. The molecule has 3 aromatic rings. The number of ether oxygens (including phenoxy) is 2. The molecule has 0 fully saturated rings. The summed E-state index contributed by atoms with van der Waals surface area (Å²) in [4.78, 5) is 0. The molecule has 0 saturated carbocycles. The number of hydrogen-bond donors (Lipinski definition) is 1. The Morgan fingerprint density at radius 2 is 1.15 bits per heavy atom. The fourth-order valence-electron chi connectivity index (χ4n) is 4.84. The van der Waals surface area contributed by atoms with Gasteiger partial charge in [0.2, 0.25) is 0 Å². The van der Waals surface area contributed by atoms with Crippen molar-refractivity contribution in [3.8, 4) is 5.75 Å². The van der Waals surface area contributed by atoms with Crippen LogP contribution in [0.5, 0.6) is 5.75 Å². The Hall–Kier alpha value is -2.08. The van der Waals surface area contributed by atoms with E-state index in [1.807, 2.05) is 33.0 Å². The minimum atomic E-state index is -0.691. The number of unbranched alkanes of at least 4 members (excludes halogenated alkanes) is 7. The first-order valence-corrected chi connectivity index (χ1v) is 18.1. The van der Waals surface area contributed by atoms with E-state index >= 15 is 0 Å². The van der Waals surface area contributed by atoms with E-state index in [9.17, 15) is 0 Å². The van der Waals surface area contributed by atoms with Crippen LogP contribution in [0.2, 0.25) is 0 Å². The van der Waals surface area contributed by atoms with E-state index in [4.69, 9.17) is 9.47 Å². The van der Waals surface area contributed by atoms with Gasteiger partial charge in [-0.3, -0.25) is 0 Å². The molecule has 0 bridgehead atoms. The third-order valence-electron chi connectivity index (χ3n) is 7.11. The lowest BCUT2D eigenvalue weighted by molar-refractivity contribution is 0.0106. The lowest BCUT2D eigenvalue weighted by atomic mass is 9.80. The van der Waals surface area contributed by atoms with Crippen LogP contribution in [-0.4, -0.2) is 32.3 Å². The molecule has 1 unspecified atom stereocenters. The molecule has 41 heavy (non-hydrogen) atoms. The van der Waals surface area contributed by atoms with Crippen molar-refractivity contribution in [2.24, 2.45) is 0 Å². The van der Waals surface area contributed by atoms with Crippen molar-refractivity contribution < 1.29 is 9.47 Å². The maximum absolute atomic E-state index is 6.96. The third kappa shape index (κ3) is 11.6. The standard InChI is InChI=1S/C34H47NO2S2.C2H6/c1-4-5-6-8-14-27-38-39-28-15-9-7-13-26-37-34(29-16-11-10-12-17-29,30-18-22-32(35-2)23-19-30)31-20-24-33(36-3)25-21-31;1-2/h10-12,16-25,35H,4-9,13-15,26-28H2,1-3H3;1-2H3. The van der Waals surface area contributed by atoms with Gasteiger partial charge in [0.15, 0.2) is 0 Å². The Kier molecular flexibility index (Phi) is 18.5. The van der Waals surface area contributed by atoms with Crippen LogP contribution < -0.4 is 10.1 Å². The molecule has 0 aromatic heterocycles. The second-order valence-corrected chi connectivity index (χ2v) is 12.6. The van der Waals surface area contributed by atoms with Crippen LogP contribution in [0.1, 0.15) is 95.2 Å². The minimum Gasteiger partial charge on any atom is -0.497 e. The first-order chi connectivity index (χ1) is 20.2. The molecule has 0 heterocycles. The monoisotopic (exact) mass is 595 g/mol. The number of rotatable bonds is 20. The normalized spacial score (nSPS) is 12.2. The van der Waals surface area contributed by atoms with Crippen molar-refractivity contribution in [1.82, 2.24) is 0 Å². The minimum absolute atomic E-state index is 0.691. The first kappa shape index (κ1) is 35.1. The van der Waals surface area contributed by atoms with Crippen molar-refractivity contribution in [1.29, 1.82) is 0 Å². The number of hydrogen-bond acceptors (Lipinski definition) is 5. The van der Waals surface area contributed by atoms with E-state index in [1.165, 1.54) is 62.9 Å². The fraction of sp³-hybridized carbons (Fsp3) is 0.500. The Balaban J connectivity index is 0.00000287. The van der Waals surface area contributed by atoms with Crippen molar-refractivity contribution in [3.63, 3.8) is 0 Å². The molecular formula is C36H53NO2S2. The lowest BCUT2D eigenvalue weighted by Crippen LogP contribution is -2.33. The highest BCUT2D eigenvalue weighted by Gasteiger charge is 2.37. The molecule has 0 aliphatic carbocycles. The van der Waals surface area contributed by atoms with Gasteiger partial charge in [-0.15, -0.1) is 0 Å². The average molecular weight is 596 g/mol. The Labute approximate surface area is 259 Å². The summed E-state index contributed by atoms with van der Waals surface area (Å²) in [5.41, 5.74) is 3.76. The molecule has 5 heteroatoms. The van der Waals surface area contributed by atoms with Crippen LogP contribution in [0.25, 0.3) is 0 Å². The molecule has 0 amide bonds. The number of benzene rings is 3. The average Bonchev–Trinajstić information content (AvgIpc) is 3.05. The molecule has 3 rings (SSSR count). The van der Waals surface area contributed by atoms with Gasteiger partial charge in [-0.25, -0.2) is 0 Å². The van der Waals surface area contributed by atoms with Gasteiger partial charge >= 0.3 is 0 Å². The maximum Gasteiger partial charge on any atom is 0.143 e. The Morgan fingerprint density at radius 1 is 0.634 bits per heavy atom. The summed E-state index contributed by atoms with van der Waals surface area (Å²) >= 11 is 0. The third-order valence-corrected chi connectivity index (χ3v) is 9.69. The molecular weight excluding hydrogens is 543 g/mol. The fourth-order valence-corrected chi connectivity index (χ4v) is 7.14. The molecule has 0 saturated heterocycles. The van der Waals surface area contributed by atoms with Crippen LogP contribution in [0.3, 0.4) is 0 Å². The molecule has 1 atom stereocenters. The summed E-state index contributed by atoms with van der Waals surface area (Å²) in [7, 11) is 7.77. The summed E-state index contributed by atoms with van der Waals surface area (Å²) < 4.78 is 12.4. The van der Waals surface area contributed by atoms with E-state index in [0.29, 0.717) is 6.61 Å². The quantitative estimate of drug-likeness (QED) is 0.0797. The van der Waals surface area contributed by atoms with Gasteiger partial charge in [0.25, 0.3) is 0 Å². The van der Waals surface area contributed by atoms with E-state index in [1.54, 1.807) is 7.11 Å². The molecule has 0 spiro atoms. The predicted octanol–water partition coefficient (Wildman–Crippen LogP) is 11.0. The van der Waals surface area contributed by atoms with Gasteiger partial charge in [0.05, 0.1) is 7.11 Å². The van der Waals surface area contributed by atoms with Gasteiger partial charge in [-0.05, 0) is 60.2 Å². The Bertz CT molecular complexity index is 978. The van der Waals surface area contributed by atoms with Crippen molar-refractivity contribution >= 4 is 27.3 Å². The summed E-state index contributed by atoms with van der Waals surface area (Å²) in [6.45, 7) is 6.98. The van der Waals surface area contributed by atoms with E-state index in [2.05, 4.69) is 101 Å². The zero-order chi connectivity index (χ0) is 29.6. The molecule has 1 N–H and O–H groups in total. The molecule has 226 valence electrons. The molecule has 0 radical (unpaired) electrons. The van der Waals surface area contributed by atoms with Crippen molar-refractivity contribution in [2.45, 2.75) is 84.2 Å². The van der Waals surface area contributed by atoms with Crippen LogP contribution >= 0.6 is 21.6 Å². The molecule has 0 aliphatic rings. The van der Waals surface area contributed by atoms with Gasteiger partial charge in [-0.2, -0.15) is 0 Å². The molecule has 3 aromatic carbocycles. The second-order valence-electron chi connectivity index (χ2n) is 9.92. The highest BCUT2D eigenvalue weighted by Crippen LogP contribution is 2.41. The zero-order valence-electron chi connectivity index (χ0n) is 26.1. The number of nitrogens with one attached hydrogen (secondary N) is 1. The highest BCUT2D eigenvalue weighted by atomic mass is 33.1. The van der Waals surface area contributed by atoms with Crippen LogP contribution in [0.4, 0.5) is 5.69 Å². The van der Waals surface area contributed by atoms with E-state index in [-0.39, 0.29) is 0 Å². The first-order valence-electron chi connectivity index (χ1n) is 15.6. The van der Waals surface area contributed by atoms with Crippen LogP contribution in [0.15, 0.2) is 78.9 Å². The van der Waals surface area contributed by atoms with Gasteiger partial charge < -0.3 is 14.8 Å². The van der Waals surface area contributed by atoms with Gasteiger partial charge in [-0.1, -0.05) is 135 Å². The van der Waals surface area contributed by atoms with Crippen molar-refractivity contribution in [2.75, 3.05) is 37.6 Å². The maximum atomic E-state index is 6.96. The van der Waals surface area contributed by atoms with Crippen LogP contribution in [0, 0.1) is 0 Å². The summed E-state index contributed by atoms with van der Waals surface area (Å²) in [6.07, 6.45) is 11.6. The van der Waals surface area contributed by atoms with E-state index < -0.39 is 5.60 Å². The number of anilines is 1. The van der Waals surface area contributed by atoms with Crippen LogP contribution in [-0.2, 0) is 10.3 Å². The Morgan fingerprint density at radius 3 is 1.68 bits per heavy atom. The summed E-state index contributed by atoms with van der Waals surface area (Å²) in [5.74, 6) is 3.39. The van der Waals surface area contributed by atoms with Crippen molar-refractivity contribution in [3.05, 3.63) is 95.6 Å². The summed E-state index contributed by atoms with van der Waals surface area (Å²) in [5, 5.41) is 3.24. The highest BCUT2D eigenvalue weighted by molar-refractivity contribution is 8.76. The zero-order valence-corrected chi connectivity index (χ0v) is 27.8. The molecule has 3 nitrogen and oxygen atoms in total. The largest absolute Gasteiger partial charge is 0.497 e. The predicted molar refractivity (Wildman–Crippen MR) is 185 cm³/mol. The van der Waals surface area contributed by atoms with E-state index in [0.717, 1.165) is 34.5 Å². The SMILES string of the molecule is CC.CCCCCCCSSCCCCCCOC(c1ccccc1)(c1ccc(NC)cc1)c1ccc(OC)cc1. The lowest BCUT2D eigenvalue weighted by Gasteiger charge is -2.36. The topological polar surface area (TPSA) is 30.5 Å². The van der Waals surface area contributed by atoms with Gasteiger partial charge in [0.1, 0.15) is 11.4 Å². The molecule has 0 aliphatic heterocycles.